The normalized spacial score (nSPS) is 26.8. The summed E-state index contributed by atoms with van der Waals surface area (Å²) in [7, 11) is 1.59. The van der Waals surface area contributed by atoms with Crippen LogP contribution in [0.15, 0.2) is 24.3 Å². The molecule has 0 N–H and O–H groups in total. The monoisotopic (exact) mass is 241 g/mol. The van der Waals surface area contributed by atoms with Gasteiger partial charge in [0.1, 0.15) is 10.1 Å². The molecule has 0 radical (unpaired) electrons. The number of para-hydroxylation sites is 1. The average Bonchev–Trinajstić information content (AvgIpc) is 2.80. The Balaban J connectivity index is 2.37. The molecule has 1 saturated carbocycles. The minimum atomic E-state index is -0.969. The quantitative estimate of drug-likeness (QED) is 0.746. The van der Waals surface area contributed by atoms with Crippen LogP contribution in [0.5, 0.6) is 5.75 Å². The Morgan fingerprint density at radius 2 is 2.07 bits per heavy atom. The van der Waals surface area contributed by atoms with Crippen molar-refractivity contribution < 1.29 is 4.74 Å². The molecule has 78 valence electrons. The van der Waals surface area contributed by atoms with E-state index in [4.69, 9.17) is 33.2 Å². The summed E-state index contributed by atoms with van der Waals surface area (Å²) in [4.78, 5) is 0. The minimum Gasteiger partial charge on any atom is -0.496 e. The van der Waals surface area contributed by atoms with Gasteiger partial charge in [0, 0.05) is 11.5 Å². The Kier molecular flexibility index (Phi) is 2.54. The smallest absolute Gasteiger partial charge is 0.143 e. The molecule has 2 atom stereocenters. The topological polar surface area (TPSA) is 33.0 Å². The highest BCUT2D eigenvalue weighted by Crippen LogP contribution is 2.65. The van der Waals surface area contributed by atoms with Crippen LogP contribution >= 0.6 is 23.2 Å². The molecule has 0 aromatic heterocycles. The van der Waals surface area contributed by atoms with Gasteiger partial charge in [0.15, 0.2) is 0 Å². The summed E-state index contributed by atoms with van der Waals surface area (Å²) in [6.07, 6.45) is 0. The van der Waals surface area contributed by atoms with Gasteiger partial charge in [-0.25, -0.2) is 0 Å². The zero-order chi connectivity index (χ0) is 11.1. The van der Waals surface area contributed by atoms with E-state index in [1.54, 1.807) is 7.11 Å². The van der Waals surface area contributed by atoms with Gasteiger partial charge in [-0.3, -0.25) is 0 Å². The van der Waals surface area contributed by atoms with Crippen LogP contribution in [0.1, 0.15) is 11.5 Å². The molecule has 1 fully saturated rings. The van der Waals surface area contributed by atoms with Crippen molar-refractivity contribution in [2.24, 2.45) is 5.92 Å². The Labute approximate surface area is 98.4 Å². The lowest BCUT2D eigenvalue weighted by Crippen LogP contribution is -1.94. The fraction of sp³-hybridized carbons (Fsp3) is 0.364. The van der Waals surface area contributed by atoms with Crippen molar-refractivity contribution in [3.05, 3.63) is 29.8 Å². The van der Waals surface area contributed by atoms with Gasteiger partial charge in [-0.1, -0.05) is 41.4 Å². The van der Waals surface area contributed by atoms with Crippen molar-refractivity contribution in [3.63, 3.8) is 0 Å². The standard InChI is InChI=1S/C11H9Cl2NO/c1-15-9-5-3-2-4-7(9)10-8(6-14)11(10,12)13/h2-5,8,10H,1H3/t8-,10-/m0/s1. The Bertz CT molecular complexity index is 425. The van der Waals surface area contributed by atoms with Crippen LogP contribution in [0.2, 0.25) is 0 Å². The molecule has 1 aromatic rings. The molecule has 1 aliphatic carbocycles. The molecule has 0 aliphatic heterocycles. The largest absolute Gasteiger partial charge is 0.496 e. The van der Waals surface area contributed by atoms with E-state index in [0.717, 1.165) is 11.3 Å². The van der Waals surface area contributed by atoms with Crippen molar-refractivity contribution in [1.82, 2.24) is 0 Å². The maximum atomic E-state index is 8.88. The first-order chi connectivity index (χ1) is 7.12. The summed E-state index contributed by atoms with van der Waals surface area (Å²) in [5.41, 5.74) is 0.900. The first-order valence-corrected chi connectivity index (χ1v) is 5.29. The Morgan fingerprint density at radius 1 is 1.40 bits per heavy atom. The third-order valence-corrected chi connectivity index (χ3v) is 3.61. The van der Waals surface area contributed by atoms with Crippen molar-refractivity contribution in [1.29, 1.82) is 5.26 Å². The fourth-order valence-corrected chi connectivity index (χ4v) is 2.51. The van der Waals surface area contributed by atoms with Crippen LogP contribution in [0.4, 0.5) is 0 Å². The molecule has 1 aromatic carbocycles. The van der Waals surface area contributed by atoms with Crippen LogP contribution in [0.25, 0.3) is 0 Å². The van der Waals surface area contributed by atoms with Crippen molar-refractivity contribution in [2.45, 2.75) is 10.3 Å². The maximum absolute atomic E-state index is 8.88. The predicted molar refractivity (Wildman–Crippen MR) is 59.3 cm³/mol. The molecule has 0 saturated heterocycles. The summed E-state index contributed by atoms with van der Waals surface area (Å²) in [6, 6.07) is 9.59. The molecule has 0 heterocycles. The zero-order valence-corrected chi connectivity index (χ0v) is 9.59. The molecule has 0 bridgehead atoms. The first-order valence-electron chi connectivity index (χ1n) is 4.53. The second-order valence-corrected chi connectivity index (χ2v) is 4.95. The lowest BCUT2D eigenvalue weighted by Gasteiger charge is -2.07. The summed E-state index contributed by atoms with van der Waals surface area (Å²) in [5, 5.41) is 8.88. The third-order valence-electron chi connectivity index (χ3n) is 2.67. The molecule has 0 unspecified atom stereocenters. The number of halogens is 2. The predicted octanol–water partition coefficient (Wildman–Crippen LogP) is 3.11. The summed E-state index contributed by atoms with van der Waals surface area (Å²) < 4.78 is 4.24. The number of benzene rings is 1. The zero-order valence-electron chi connectivity index (χ0n) is 8.08. The minimum absolute atomic E-state index is 0.151. The van der Waals surface area contributed by atoms with E-state index in [0.29, 0.717) is 0 Å². The molecular formula is C11H9Cl2NO. The van der Waals surface area contributed by atoms with E-state index in [1.165, 1.54) is 0 Å². The van der Waals surface area contributed by atoms with Crippen LogP contribution in [0.3, 0.4) is 0 Å². The molecule has 0 amide bonds. The molecule has 1 aliphatic rings. The number of nitriles is 1. The average molecular weight is 242 g/mol. The van der Waals surface area contributed by atoms with Crippen molar-refractivity contribution >= 4 is 23.2 Å². The summed E-state index contributed by atoms with van der Waals surface area (Å²) in [6.45, 7) is 0. The number of rotatable bonds is 2. The van der Waals surface area contributed by atoms with Crippen LogP contribution in [-0.2, 0) is 0 Å². The van der Waals surface area contributed by atoms with Gasteiger partial charge < -0.3 is 4.74 Å². The highest BCUT2D eigenvalue weighted by atomic mass is 35.5. The van der Waals surface area contributed by atoms with E-state index < -0.39 is 4.33 Å². The van der Waals surface area contributed by atoms with Gasteiger partial charge in [-0.2, -0.15) is 5.26 Å². The van der Waals surface area contributed by atoms with Crippen molar-refractivity contribution in [3.8, 4) is 11.8 Å². The second kappa shape index (κ2) is 3.59. The van der Waals surface area contributed by atoms with E-state index in [2.05, 4.69) is 6.07 Å². The maximum Gasteiger partial charge on any atom is 0.143 e. The molecule has 2 nitrogen and oxygen atoms in total. The molecule has 0 spiro atoms. The Hall–Kier alpha value is -0.910. The van der Waals surface area contributed by atoms with Gasteiger partial charge in [-0.05, 0) is 6.07 Å². The van der Waals surface area contributed by atoms with Gasteiger partial charge in [0.05, 0.1) is 19.1 Å². The van der Waals surface area contributed by atoms with E-state index in [9.17, 15) is 0 Å². The fourth-order valence-electron chi connectivity index (χ4n) is 1.80. The van der Waals surface area contributed by atoms with Gasteiger partial charge in [-0.15, -0.1) is 0 Å². The number of hydrogen-bond donors (Lipinski definition) is 0. The van der Waals surface area contributed by atoms with E-state index in [-0.39, 0.29) is 11.8 Å². The lowest BCUT2D eigenvalue weighted by atomic mass is 10.1. The van der Waals surface area contributed by atoms with Gasteiger partial charge >= 0.3 is 0 Å². The number of methoxy groups -OCH3 is 1. The van der Waals surface area contributed by atoms with E-state index in [1.807, 2.05) is 24.3 Å². The van der Waals surface area contributed by atoms with Gasteiger partial charge in [0.25, 0.3) is 0 Å². The molecule has 4 heteroatoms. The second-order valence-electron chi connectivity index (χ2n) is 3.50. The van der Waals surface area contributed by atoms with Crippen LogP contribution in [0, 0.1) is 17.2 Å². The number of ether oxygens (including phenoxy) is 1. The van der Waals surface area contributed by atoms with Crippen molar-refractivity contribution in [2.75, 3.05) is 7.11 Å². The number of nitrogens with zero attached hydrogens (tertiary/aromatic N) is 1. The molecule has 2 rings (SSSR count). The first kappa shape index (κ1) is 10.6. The number of alkyl halides is 2. The Morgan fingerprint density at radius 3 is 2.60 bits per heavy atom. The summed E-state index contributed by atoms with van der Waals surface area (Å²) >= 11 is 12.0. The van der Waals surface area contributed by atoms with Crippen LogP contribution < -0.4 is 4.74 Å². The highest BCUT2D eigenvalue weighted by Gasteiger charge is 2.65. The summed E-state index contributed by atoms with van der Waals surface area (Å²) in [5.74, 6) is 0.227. The lowest BCUT2D eigenvalue weighted by molar-refractivity contribution is 0.409. The van der Waals surface area contributed by atoms with Crippen LogP contribution in [-0.4, -0.2) is 11.4 Å². The van der Waals surface area contributed by atoms with Gasteiger partial charge in [0.2, 0.25) is 0 Å². The molecule has 15 heavy (non-hydrogen) atoms. The highest BCUT2D eigenvalue weighted by molar-refractivity contribution is 6.52. The number of hydrogen-bond acceptors (Lipinski definition) is 2. The third kappa shape index (κ3) is 1.56. The van der Waals surface area contributed by atoms with E-state index >= 15 is 0 Å². The molecular weight excluding hydrogens is 233 g/mol. The SMILES string of the molecule is COc1ccccc1[C@H]1[C@H](C#N)C1(Cl)Cl.